The van der Waals surface area contributed by atoms with Gasteiger partial charge in [-0.15, -0.1) is 0 Å². The van der Waals surface area contributed by atoms with E-state index in [-0.39, 0.29) is 49.4 Å². The van der Waals surface area contributed by atoms with E-state index in [9.17, 15) is 14.0 Å². The number of nitrogens with zero attached hydrogens (tertiary/aromatic N) is 3. The fraction of sp³-hybridized carbons (Fsp3) is 0.412. The molecule has 8 nitrogen and oxygen atoms in total. The number of methoxy groups -OCH3 is 1. The molecule has 0 saturated heterocycles. The average Bonchev–Trinajstić information content (AvgIpc) is 3.07. The maximum Gasteiger partial charge on any atom is 0.323 e. The van der Waals surface area contributed by atoms with Crippen LogP contribution in [0, 0.1) is 12.7 Å². The zero-order valence-electron chi connectivity index (χ0n) is 14.6. The summed E-state index contributed by atoms with van der Waals surface area (Å²) < 4.78 is 23.6. The fourth-order valence-electron chi connectivity index (χ4n) is 2.23. The van der Waals surface area contributed by atoms with E-state index in [1.807, 2.05) is 0 Å². The maximum atomic E-state index is 13.6. The Morgan fingerprint density at radius 1 is 1.38 bits per heavy atom. The van der Waals surface area contributed by atoms with Gasteiger partial charge in [0.15, 0.2) is 0 Å². The Kier molecular flexibility index (Phi) is 6.79. The SMILES string of the molecule is COCCN(CC(=O)O)C(=O)CCc1nc(-c2ccc(C)c(F)c2)no1. The number of aromatic nitrogens is 2. The number of amides is 1. The number of ether oxygens (including phenoxy) is 1. The fourth-order valence-corrected chi connectivity index (χ4v) is 2.23. The molecule has 0 aliphatic carbocycles. The third-order valence-corrected chi connectivity index (χ3v) is 3.70. The molecule has 0 spiro atoms. The van der Waals surface area contributed by atoms with Gasteiger partial charge in [0.1, 0.15) is 12.4 Å². The van der Waals surface area contributed by atoms with Gasteiger partial charge in [-0.2, -0.15) is 4.98 Å². The molecule has 1 amide bonds. The van der Waals surface area contributed by atoms with Crippen molar-refractivity contribution in [1.82, 2.24) is 15.0 Å². The van der Waals surface area contributed by atoms with Crippen molar-refractivity contribution in [2.75, 3.05) is 26.8 Å². The molecule has 0 aliphatic heterocycles. The molecule has 0 radical (unpaired) electrons. The molecule has 0 atom stereocenters. The molecule has 140 valence electrons. The Morgan fingerprint density at radius 3 is 2.81 bits per heavy atom. The quantitative estimate of drug-likeness (QED) is 0.720. The second-order valence-corrected chi connectivity index (χ2v) is 5.68. The van der Waals surface area contributed by atoms with Gasteiger partial charge in [0.2, 0.25) is 17.6 Å². The molecule has 2 rings (SSSR count). The number of rotatable bonds is 9. The number of hydrogen-bond acceptors (Lipinski definition) is 6. The average molecular weight is 365 g/mol. The van der Waals surface area contributed by atoms with Crippen molar-refractivity contribution in [2.24, 2.45) is 0 Å². The summed E-state index contributed by atoms with van der Waals surface area (Å²) in [5, 5.41) is 12.7. The van der Waals surface area contributed by atoms with Gasteiger partial charge in [0.05, 0.1) is 6.61 Å². The summed E-state index contributed by atoms with van der Waals surface area (Å²) in [7, 11) is 1.47. The molecule has 1 N–H and O–H groups in total. The Morgan fingerprint density at radius 2 is 2.15 bits per heavy atom. The van der Waals surface area contributed by atoms with E-state index in [0.29, 0.717) is 11.1 Å². The predicted octanol–water partition coefficient (Wildman–Crippen LogP) is 1.68. The van der Waals surface area contributed by atoms with Crippen molar-refractivity contribution < 1.29 is 28.3 Å². The molecule has 9 heteroatoms. The van der Waals surface area contributed by atoms with Crippen molar-refractivity contribution >= 4 is 11.9 Å². The highest BCUT2D eigenvalue weighted by Crippen LogP contribution is 2.19. The molecule has 26 heavy (non-hydrogen) atoms. The smallest absolute Gasteiger partial charge is 0.323 e. The van der Waals surface area contributed by atoms with Gasteiger partial charge in [0, 0.05) is 32.1 Å². The Hall–Kier alpha value is -2.81. The highest BCUT2D eigenvalue weighted by molar-refractivity contribution is 5.81. The van der Waals surface area contributed by atoms with Crippen LogP contribution >= 0.6 is 0 Å². The Labute approximate surface area is 149 Å². The van der Waals surface area contributed by atoms with Crippen molar-refractivity contribution in [3.63, 3.8) is 0 Å². The topological polar surface area (TPSA) is 106 Å². The van der Waals surface area contributed by atoms with E-state index >= 15 is 0 Å². The number of hydrogen-bond donors (Lipinski definition) is 1. The van der Waals surface area contributed by atoms with E-state index in [4.69, 9.17) is 14.4 Å². The normalized spacial score (nSPS) is 10.7. The van der Waals surface area contributed by atoms with E-state index in [1.165, 1.54) is 18.1 Å². The summed E-state index contributed by atoms with van der Waals surface area (Å²) in [5.41, 5.74) is 0.986. The van der Waals surface area contributed by atoms with Crippen molar-refractivity contribution in [2.45, 2.75) is 19.8 Å². The van der Waals surface area contributed by atoms with Crippen LogP contribution in [0.1, 0.15) is 17.9 Å². The van der Waals surface area contributed by atoms with Crippen molar-refractivity contribution in [1.29, 1.82) is 0 Å². The number of benzene rings is 1. The monoisotopic (exact) mass is 365 g/mol. The lowest BCUT2D eigenvalue weighted by atomic mass is 10.1. The van der Waals surface area contributed by atoms with E-state index in [2.05, 4.69) is 10.1 Å². The number of carboxylic acid groups (broad SMARTS) is 1. The summed E-state index contributed by atoms with van der Waals surface area (Å²) in [5.74, 6) is -1.38. The minimum Gasteiger partial charge on any atom is -0.480 e. The van der Waals surface area contributed by atoms with Crippen LogP contribution in [-0.4, -0.2) is 58.8 Å². The van der Waals surface area contributed by atoms with Gasteiger partial charge in [-0.05, 0) is 18.6 Å². The molecule has 1 aromatic carbocycles. The summed E-state index contributed by atoms with van der Waals surface area (Å²) >= 11 is 0. The van der Waals surface area contributed by atoms with Gasteiger partial charge in [0.25, 0.3) is 0 Å². The highest BCUT2D eigenvalue weighted by Gasteiger charge is 2.18. The molecule has 0 unspecified atom stereocenters. The molecule has 0 bridgehead atoms. The highest BCUT2D eigenvalue weighted by atomic mass is 19.1. The van der Waals surface area contributed by atoms with Gasteiger partial charge >= 0.3 is 5.97 Å². The molecular weight excluding hydrogens is 345 g/mol. The minimum atomic E-state index is -1.10. The largest absolute Gasteiger partial charge is 0.480 e. The van der Waals surface area contributed by atoms with E-state index in [0.717, 1.165) is 0 Å². The van der Waals surface area contributed by atoms with Crippen molar-refractivity contribution in [3.05, 3.63) is 35.5 Å². The number of carbonyl (C=O) groups is 2. The van der Waals surface area contributed by atoms with Gasteiger partial charge in [-0.25, -0.2) is 4.39 Å². The van der Waals surface area contributed by atoms with E-state index in [1.54, 1.807) is 19.1 Å². The molecule has 2 aromatic rings. The summed E-state index contributed by atoms with van der Waals surface area (Å²) in [4.78, 5) is 28.4. The lowest BCUT2D eigenvalue weighted by molar-refractivity contribution is -0.144. The van der Waals surface area contributed by atoms with Crippen LogP contribution in [0.25, 0.3) is 11.4 Å². The van der Waals surface area contributed by atoms with E-state index < -0.39 is 12.5 Å². The van der Waals surface area contributed by atoms with Crippen LogP contribution in [0.15, 0.2) is 22.7 Å². The Bertz CT molecular complexity index is 778. The molecule has 0 fully saturated rings. The van der Waals surface area contributed by atoms with Gasteiger partial charge in [-0.3, -0.25) is 9.59 Å². The second kappa shape index (κ2) is 9.04. The summed E-state index contributed by atoms with van der Waals surface area (Å²) in [6.07, 6.45) is 0.171. The standard InChI is InChI=1S/C17H20FN3O5/c1-11-3-4-12(9-13(11)18)17-19-14(26-20-17)5-6-15(22)21(7-8-25-2)10-16(23)24/h3-4,9H,5-8,10H2,1-2H3,(H,23,24). The molecule has 0 saturated carbocycles. The second-order valence-electron chi connectivity index (χ2n) is 5.68. The zero-order chi connectivity index (χ0) is 19.1. The number of carboxylic acids is 1. The zero-order valence-corrected chi connectivity index (χ0v) is 14.6. The Balaban J connectivity index is 1.98. The van der Waals surface area contributed by atoms with Crippen molar-refractivity contribution in [3.8, 4) is 11.4 Å². The third kappa shape index (κ3) is 5.35. The molecule has 1 aromatic heterocycles. The first-order valence-corrected chi connectivity index (χ1v) is 7.98. The first kappa shape index (κ1) is 19.5. The first-order chi connectivity index (χ1) is 12.4. The maximum absolute atomic E-state index is 13.6. The third-order valence-electron chi connectivity index (χ3n) is 3.70. The lowest BCUT2D eigenvalue weighted by Crippen LogP contribution is -2.38. The number of aryl methyl sites for hydroxylation is 2. The van der Waals surface area contributed by atoms with Crippen LogP contribution in [0.5, 0.6) is 0 Å². The van der Waals surface area contributed by atoms with Crippen LogP contribution in [0.3, 0.4) is 0 Å². The summed E-state index contributed by atoms with van der Waals surface area (Å²) in [6.45, 7) is 1.67. The number of aliphatic carboxylic acids is 1. The van der Waals surface area contributed by atoms with Crippen LogP contribution in [-0.2, 0) is 20.7 Å². The number of halogens is 1. The minimum absolute atomic E-state index is 0.0148. The van der Waals surface area contributed by atoms with Gasteiger partial charge < -0.3 is 19.3 Å². The van der Waals surface area contributed by atoms with Gasteiger partial charge in [-0.1, -0.05) is 17.3 Å². The van der Waals surface area contributed by atoms with Crippen LogP contribution in [0.2, 0.25) is 0 Å². The van der Waals surface area contributed by atoms with Crippen LogP contribution in [0.4, 0.5) is 4.39 Å². The molecule has 1 heterocycles. The molecule has 0 aliphatic rings. The predicted molar refractivity (Wildman–Crippen MR) is 88.8 cm³/mol. The number of carbonyl (C=O) groups excluding carboxylic acids is 1. The lowest BCUT2D eigenvalue weighted by Gasteiger charge is -2.19. The summed E-state index contributed by atoms with van der Waals surface area (Å²) in [6, 6.07) is 4.61. The van der Waals surface area contributed by atoms with Crippen LogP contribution < -0.4 is 0 Å². The first-order valence-electron chi connectivity index (χ1n) is 7.98. The molecular formula is C17H20FN3O5.